The Balaban J connectivity index is 2.11. The summed E-state index contributed by atoms with van der Waals surface area (Å²) in [7, 11) is 0. The summed E-state index contributed by atoms with van der Waals surface area (Å²) in [6.07, 6.45) is -1.12. The average Bonchev–Trinajstić information content (AvgIpc) is 2.46. The SMILES string of the molecule is Cc1cc(C(O)c2ccc(Cl)cc2F)nc2ccccc12. The van der Waals surface area contributed by atoms with Crippen molar-refractivity contribution in [3.8, 4) is 0 Å². The van der Waals surface area contributed by atoms with Crippen LogP contribution in [0, 0.1) is 12.7 Å². The number of rotatable bonds is 2. The van der Waals surface area contributed by atoms with E-state index in [4.69, 9.17) is 11.6 Å². The zero-order valence-corrected chi connectivity index (χ0v) is 12.1. The summed E-state index contributed by atoms with van der Waals surface area (Å²) in [6, 6.07) is 13.7. The van der Waals surface area contributed by atoms with Crippen molar-refractivity contribution in [2.75, 3.05) is 0 Å². The van der Waals surface area contributed by atoms with Gasteiger partial charge in [0, 0.05) is 16.0 Å². The molecule has 21 heavy (non-hydrogen) atoms. The molecule has 1 heterocycles. The number of benzene rings is 2. The number of aliphatic hydroxyl groups is 1. The summed E-state index contributed by atoms with van der Waals surface area (Å²) in [4.78, 5) is 4.43. The Bertz CT molecular complexity index is 819. The van der Waals surface area contributed by atoms with Crippen LogP contribution in [0.3, 0.4) is 0 Å². The van der Waals surface area contributed by atoms with Crippen molar-refractivity contribution in [1.82, 2.24) is 4.98 Å². The molecule has 0 bridgehead atoms. The summed E-state index contributed by atoms with van der Waals surface area (Å²) in [5.41, 5.74) is 2.36. The van der Waals surface area contributed by atoms with E-state index in [-0.39, 0.29) is 5.56 Å². The average molecular weight is 302 g/mol. The first-order valence-corrected chi connectivity index (χ1v) is 6.93. The van der Waals surface area contributed by atoms with Gasteiger partial charge in [-0.15, -0.1) is 0 Å². The Morgan fingerprint density at radius 1 is 1.14 bits per heavy atom. The lowest BCUT2D eigenvalue weighted by atomic mass is 10.0. The first-order chi connectivity index (χ1) is 10.1. The van der Waals surface area contributed by atoms with Gasteiger partial charge in [-0.25, -0.2) is 9.37 Å². The Kier molecular flexibility index (Phi) is 3.62. The third kappa shape index (κ3) is 2.62. The molecule has 106 valence electrons. The minimum absolute atomic E-state index is 0.168. The third-order valence-electron chi connectivity index (χ3n) is 3.48. The molecule has 0 spiro atoms. The van der Waals surface area contributed by atoms with Crippen LogP contribution in [0.4, 0.5) is 4.39 Å². The molecule has 1 atom stereocenters. The van der Waals surface area contributed by atoms with Gasteiger partial charge in [-0.05, 0) is 36.8 Å². The molecule has 2 nitrogen and oxygen atoms in total. The fourth-order valence-electron chi connectivity index (χ4n) is 2.40. The molecule has 0 aliphatic heterocycles. The molecule has 0 aliphatic carbocycles. The summed E-state index contributed by atoms with van der Waals surface area (Å²) in [5, 5.41) is 11.7. The zero-order valence-electron chi connectivity index (χ0n) is 11.3. The van der Waals surface area contributed by atoms with Gasteiger partial charge >= 0.3 is 0 Å². The molecule has 0 saturated heterocycles. The molecule has 3 aromatic rings. The maximum Gasteiger partial charge on any atom is 0.130 e. The molecule has 0 fully saturated rings. The van der Waals surface area contributed by atoms with E-state index in [1.54, 1.807) is 12.1 Å². The Labute approximate surface area is 126 Å². The van der Waals surface area contributed by atoms with Crippen LogP contribution in [0.5, 0.6) is 0 Å². The topological polar surface area (TPSA) is 33.1 Å². The Morgan fingerprint density at radius 3 is 2.67 bits per heavy atom. The first kappa shape index (κ1) is 14.0. The van der Waals surface area contributed by atoms with E-state index in [2.05, 4.69) is 4.98 Å². The maximum absolute atomic E-state index is 13.9. The maximum atomic E-state index is 13.9. The number of hydrogen-bond donors (Lipinski definition) is 1. The van der Waals surface area contributed by atoms with Crippen molar-refractivity contribution >= 4 is 22.5 Å². The van der Waals surface area contributed by atoms with Crippen LogP contribution in [0.15, 0.2) is 48.5 Å². The van der Waals surface area contributed by atoms with Crippen molar-refractivity contribution in [3.05, 3.63) is 76.2 Å². The van der Waals surface area contributed by atoms with E-state index < -0.39 is 11.9 Å². The fraction of sp³-hybridized carbons (Fsp3) is 0.118. The Morgan fingerprint density at radius 2 is 1.90 bits per heavy atom. The molecule has 3 rings (SSSR count). The van der Waals surface area contributed by atoms with Crippen molar-refractivity contribution in [2.45, 2.75) is 13.0 Å². The van der Waals surface area contributed by atoms with E-state index in [0.29, 0.717) is 10.7 Å². The fourth-order valence-corrected chi connectivity index (χ4v) is 2.56. The van der Waals surface area contributed by atoms with Crippen molar-refractivity contribution in [2.24, 2.45) is 0 Å². The molecular formula is C17H13ClFNO. The van der Waals surface area contributed by atoms with Gasteiger partial charge in [-0.1, -0.05) is 35.9 Å². The minimum Gasteiger partial charge on any atom is -0.382 e. The molecular weight excluding hydrogens is 289 g/mol. The number of aliphatic hydroxyl groups excluding tert-OH is 1. The second-order valence-electron chi connectivity index (χ2n) is 4.95. The highest BCUT2D eigenvalue weighted by Gasteiger charge is 2.17. The van der Waals surface area contributed by atoms with Gasteiger partial charge in [0.25, 0.3) is 0 Å². The molecule has 1 aromatic heterocycles. The largest absolute Gasteiger partial charge is 0.382 e. The number of halogens is 2. The van der Waals surface area contributed by atoms with Crippen LogP contribution in [-0.4, -0.2) is 10.1 Å². The second kappa shape index (κ2) is 5.43. The van der Waals surface area contributed by atoms with Crippen LogP contribution in [0.2, 0.25) is 5.02 Å². The number of aryl methyl sites for hydroxylation is 1. The smallest absolute Gasteiger partial charge is 0.130 e. The summed E-state index contributed by atoms with van der Waals surface area (Å²) >= 11 is 5.73. The lowest BCUT2D eigenvalue weighted by Gasteiger charge is -2.14. The van der Waals surface area contributed by atoms with Gasteiger partial charge in [-0.2, -0.15) is 0 Å². The first-order valence-electron chi connectivity index (χ1n) is 6.55. The van der Waals surface area contributed by atoms with E-state index in [1.807, 2.05) is 31.2 Å². The van der Waals surface area contributed by atoms with Crippen LogP contribution < -0.4 is 0 Å². The normalized spacial score (nSPS) is 12.6. The predicted molar refractivity (Wildman–Crippen MR) is 82.0 cm³/mol. The number of fused-ring (bicyclic) bond motifs is 1. The van der Waals surface area contributed by atoms with Gasteiger partial charge in [0.1, 0.15) is 11.9 Å². The summed E-state index contributed by atoms with van der Waals surface area (Å²) in [6.45, 7) is 1.94. The van der Waals surface area contributed by atoms with Crippen LogP contribution in [0.1, 0.15) is 22.9 Å². The van der Waals surface area contributed by atoms with Gasteiger partial charge in [0.2, 0.25) is 0 Å². The molecule has 0 aliphatic rings. The molecule has 2 aromatic carbocycles. The van der Waals surface area contributed by atoms with Crippen LogP contribution >= 0.6 is 11.6 Å². The van der Waals surface area contributed by atoms with Crippen molar-refractivity contribution in [1.29, 1.82) is 0 Å². The molecule has 4 heteroatoms. The number of pyridine rings is 1. The summed E-state index contributed by atoms with van der Waals surface area (Å²) in [5.74, 6) is -0.539. The van der Waals surface area contributed by atoms with Crippen LogP contribution in [-0.2, 0) is 0 Å². The van der Waals surface area contributed by atoms with E-state index in [1.165, 1.54) is 12.1 Å². The number of nitrogens with zero attached hydrogens (tertiary/aromatic N) is 1. The second-order valence-corrected chi connectivity index (χ2v) is 5.39. The summed E-state index contributed by atoms with van der Waals surface area (Å²) < 4.78 is 13.9. The lowest BCUT2D eigenvalue weighted by Crippen LogP contribution is -2.05. The standard InChI is InChI=1S/C17H13ClFNO/c1-10-8-16(20-15-5-3-2-4-12(10)15)17(21)13-7-6-11(18)9-14(13)19/h2-9,17,21H,1H3. The predicted octanol–water partition coefficient (Wildman–Crippen LogP) is 4.42. The van der Waals surface area contributed by atoms with E-state index in [9.17, 15) is 9.50 Å². The highest BCUT2D eigenvalue weighted by Crippen LogP contribution is 2.28. The molecule has 0 saturated carbocycles. The van der Waals surface area contributed by atoms with Gasteiger partial charge in [-0.3, -0.25) is 0 Å². The number of aromatic nitrogens is 1. The van der Waals surface area contributed by atoms with Gasteiger partial charge < -0.3 is 5.11 Å². The molecule has 1 unspecified atom stereocenters. The minimum atomic E-state index is -1.12. The highest BCUT2D eigenvalue weighted by molar-refractivity contribution is 6.30. The molecule has 0 radical (unpaired) electrons. The van der Waals surface area contributed by atoms with Crippen molar-refractivity contribution in [3.63, 3.8) is 0 Å². The monoisotopic (exact) mass is 301 g/mol. The highest BCUT2D eigenvalue weighted by atomic mass is 35.5. The van der Waals surface area contributed by atoms with Crippen molar-refractivity contribution < 1.29 is 9.50 Å². The van der Waals surface area contributed by atoms with Crippen LogP contribution in [0.25, 0.3) is 10.9 Å². The van der Waals surface area contributed by atoms with Gasteiger partial charge in [0.15, 0.2) is 0 Å². The van der Waals surface area contributed by atoms with Gasteiger partial charge in [0.05, 0.1) is 11.2 Å². The third-order valence-corrected chi connectivity index (χ3v) is 3.72. The quantitative estimate of drug-likeness (QED) is 0.760. The van der Waals surface area contributed by atoms with E-state index in [0.717, 1.165) is 16.5 Å². The molecule has 0 amide bonds. The number of para-hydroxylation sites is 1. The lowest BCUT2D eigenvalue weighted by molar-refractivity contribution is 0.210. The zero-order chi connectivity index (χ0) is 15.0. The number of hydrogen-bond acceptors (Lipinski definition) is 2. The molecule has 1 N–H and O–H groups in total. The Hall–Kier alpha value is -1.97. The van der Waals surface area contributed by atoms with E-state index >= 15 is 0 Å².